The van der Waals surface area contributed by atoms with E-state index in [9.17, 15) is 18.5 Å². The van der Waals surface area contributed by atoms with Crippen molar-refractivity contribution in [3.05, 3.63) is 57.2 Å². The Morgan fingerprint density at radius 1 is 1.14 bits per heavy atom. The van der Waals surface area contributed by atoms with Gasteiger partial charge in [0.25, 0.3) is 5.69 Å². The molecule has 0 aliphatic carbocycles. The zero-order valence-corrected chi connectivity index (χ0v) is 12.0. The van der Waals surface area contributed by atoms with Crippen molar-refractivity contribution >= 4 is 33.1 Å². The second-order valence-corrected chi connectivity index (χ2v) is 6.14. The maximum atomic E-state index is 11.9. The van der Waals surface area contributed by atoms with Crippen LogP contribution in [-0.2, 0) is 15.8 Å². The minimum Gasteiger partial charge on any atom is -0.266 e. The molecule has 0 aliphatic rings. The standard InChI is InChI=1S/C11H9ClN4O4S/c12-10-5-6-11(14-13-10)15-21(19,20)7-8-1-3-9(4-2-8)16(17)18/h1-6H,7H2,(H,14,15). The minimum atomic E-state index is -3.70. The van der Waals surface area contributed by atoms with Crippen LogP contribution in [0.2, 0.25) is 5.15 Å². The molecule has 1 aromatic heterocycles. The summed E-state index contributed by atoms with van der Waals surface area (Å²) in [5.74, 6) is -0.295. The lowest BCUT2D eigenvalue weighted by atomic mass is 10.2. The number of nitro groups is 1. The zero-order chi connectivity index (χ0) is 15.5. The molecule has 2 rings (SSSR count). The van der Waals surface area contributed by atoms with Gasteiger partial charge in [0.05, 0.1) is 10.7 Å². The Kier molecular flexibility index (Phi) is 4.34. The third kappa shape index (κ3) is 4.36. The second-order valence-electron chi connectivity index (χ2n) is 4.03. The summed E-state index contributed by atoms with van der Waals surface area (Å²) in [6.07, 6.45) is 0. The first-order valence-corrected chi connectivity index (χ1v) is 7.62. The molecular formula is C11H9ClN4O4S. The molecule has 0 unspecified atom stereocenters. The first-order valence-electron chi connectivity index (χ1n) is 5.59. The van der Waals surface area contributed by atoms with E-state index in [2.05, 4.69) is 14.9 Å². The van der Waals surface area contributed by atoms with E-state index in [1.807, 2.05) is 0 Å². The maximum absolute atomic E-state index is 11.9. The summed E-state index contributed by atoms with van der Waals surface area (Å²) in [5, 5.41) is 17.8. The van der Waals surface area contributed by atoms with Crippen LogP contribution < -0.4 is 4.72 Å². The largest absolute Gasteiger partial charge is 0.269 e. The number of anilines is 1. The third-order valence-electron chi connectivity index (χ3n) is 2.40. The van der Waals surface area contributed by atoms with E-state index in [-0.39, 0.29) is 22.4 Å². The van der Waals surface area contributed by atoms with E-state index in [1.54, 1.807) is 0 Å². The molecule has 110 valence electrons. The average Bonchev–Trinajstić information content (AvgIpc) is 2.41. The quantitative estimate of drug-likeness (QED) is 0.662. The molecule has 1 N–H and O–H groups in total. The van der Waals surface area contributed by atoms with Gasteiger partial charge in [0.2, 0.25) is 10.0 Å². The Hall–Kier alpha value is -2.26. The Balaban J connectivity index is 2.10. The number of nitro benzene ring substituents is 1. The number of aromatic nitrogens is 2. The van der Waals surface area contributed by atoms with Crippen molar-refractivity contribution in [3.8, 4) is 0 Å². The predicted molar refractivity (Wildman–Crippen MR) is 76.4 cm³/mol. The number of non-ortho nitro benzene ring substituents is 1. The summed E-state index contributed by atoms with van der Waals surface area (Å²) in [6.45, 7) is 0. The molecule has 21 heavy (non-hydrogen) atoms. The fourth-order valence-corrected chi connectivity index (χ4v) is 2.73. The molecule has 0 aliphatic heterocycles. The van der Waals surface area contributed by atoms with Crippen molar-refractivity contribution in [1.29, 1.82) is 0 Å². The lowest BCUT2D eigenvalue weighted by Crippen LogP contribution is -2.16. The lowest BCUT2D eigenvalue weighted by Gasteiger charge is -2.06. The van der Waals surface area contributed by atoms with Crippen LogP contribution in [0.5, 0.6) is 0 Å². The van der Waals surface area contributed by atoms with Crippen LogP contribution in [-0.4, -0.2) is 23.5 Å². The van der Waals surface area contributed by atoms with Crippen LogP contribution in [0.3, 0.4) is 0 Å². The van der Waals surface area contributed by atoms with Crippen molar-refractivity contribution in [3.63, 3.8) is 0 Å². The smallest absolute Gasteiger partial charge is 0.266 e. The molecule has 10 heteroatoms. The van der Waals surface area contributed by atoms with Crippen LogP contribution in [0, 0.1) is 10.1 Å². The van der Waals surface area contributed by atoms with Gasteiger partial charge in [-0.1, -0.05) is 23.7 Å². The van der Waals surface area contributed by atoms with Gasteiger partial charge in [-0.25, -0.2) is 8.42 Å². The fourth-order valence-electron chi connectivity index (χ4n) is 1.50. The molecule has 0 atom stereocenters. The summed E-state index contributed by atoms with van der Waals surface area (Å²) < 4.78 is 26.1. The molecule has 0 saturated carbocycles. The third-order valence-corrected chi connectivity index (χ3v) is 3.83. The van der Waals surface area contributed by atoms with E-state index in [4.69, 9.17) is 11.6 Å². The monoisotopic (exact) mass is 328 g/mol. The molecule has 0 fully saturated rings. The number of hydrogen-bond donors (Lipinski definition) is 1. The highest BCUT2D eigenvalue weighted by atomic mass is 35.5. The summed E-state index contributed by atoms with van der Waals surface area (Å²) in [5.41, 5.74) is 0.308. The van der Waals surface area contributed by atoms with Crippen LogP contribution in [0.15, 0.2) is 36.4 Å². The van der Waals surface area contributed by atoms with Crippen molar-refractivity contribution in [2.75, 3.05) is 4.72 Å². The molecule has 0 bridgehead atoms. The van der Waals surface area contributed by atoms with Crippen molar-refractivity contribution in [2.45, 2.75) is 5.75 Å². The van der Waals surface area contributed by atoms with Gasteiger partial charge in [-0.2, -0.15) is 0 Å². The molecule has 0 spiro atoms. The number of nitrogens with zero attached hydrogens (tertiary/aromatic N) is 3. The topological polar surface area (TPSA) is 115 Å². The van der Waals surface area contributed by atoms with Crippen LogP contribution in [0.4, 0.5) is 11.5 Å². The normalized spacial score (nSPS) is 11.1. The highest BCUT2D eigenvalue weighted by Gasteiger charge is 2.14. The SMILES string of the molecule is O=[N+]([O-])c1ccc(CS(=O)(=O)Nc2ccc(Cl)nn2)cc1. The number of sulfonamides is 1. The fraction of sp³-hybridized carbons (Fsp3) is 0.0909. The highest BCUT2D eigenvalue weighted by Crippen LogP contribution is 2.15. The van der Waals surface area contributed by atoms with E-state index in [1.165, 1.54) is 36.4 Å². The molecule has 0 saturated heterocycles. The Morgan fingerprint density at radius 3 is 2.33 bits per heavy atom. The van der Waals surface area contributed by atoms with Crippen molar-refractivity contribution in [1.82, 2.24) is 10.2 Å². The molecular weight excluding hydrogens is 320 g/mol. The van der Waals surface area contributed by atoms with Gasteiger partial charge in [0, 0.05) is 12.1 Å². The van der Waals surface area contributed by atoms with Crippen LogP contribution >= 0.6 is 11.6 Å². The summed E-state index contributed by atoms with van der Waals surface area (Å²) in [4.78, 5) is 9.96. The van der Waals surface area contributed by atoms with Crippen LogP contribution in [0.25, 0.3) is 0 Å². The molecule has 0 radical (unpaired) electrons. The van der Waals surface area contributed by atoms with Gasteiger partial charge in [0.15, 0.2) is 11.0 Å². The lowest BCUT2D eigenvalue weighted by molar-refractivity contribution is -0.384. The minimum absolute atomic E-state index is 0.0429. The summed E-state index contributed by atoms with van der Waals surface area (Å²) in [7, 11) is -3.70. The first-order chi connectivity index (χ1) is 9.85. The summed E-state index contributed by atoms with van der Waals surface area (Å²) >= 11 is 5.55. The van der Waals surface area contributed by atoms with E-state index < -0.39 is 14.9 Å². The van der Waals surface area contributed by atoms with E-state index in [0.29, 0.717) is 5.56 Å². The molecule has 8 nitrogen and oxygen atoms in total. The zero-order valence-electron chi connectivity index (χ0n) is 10.4. The Bertz CT molecular complexity index is 747. The van der Waals surface area contributed by atoms with Gasteiger partial charge >= 0.3 is 0 Å². The molecule has 0 amide bonds. The van der Waals surface area contributed by atoms with Crippen molar-refractivity contribution in [2.24, 2.45) is 0 Å². The van der Waals surface area contributed by atoms with Crippen molar-refractivity contribution < 1.29 is 13.3 Å². The van der Waals surface area contributed by atoms with Crippen LogP contribution in [0.1, 0.15) is 5.56 Å². The number of rotatable bonds is 5. The average molecular weight is 329 g/mol. The molecule has 2 aromatic rings. The summed E-state index contributed by atoms with van der Waals surface area (Å²) in [6, 6.07) is 8.02. The van der Waals surface area contributed by atoms with E-state index in [0.717, 1.165) is 0 Å². The number of benzene rings is 1. The number of hydrogen-bond acceptors (Lipinski definition) is 6. The number of nitrogens with one attached hydrogen (secondary N) is 1. The van der Waals surface area contributed by atoms with Gasteiger partial charge < -0.3 is 0 Å². The number of halogens is 1. The molecule has 1 aromatic carbocycles. The Morgan fingerprint density at radius 2 is 1.81 bits per heavy atom. The van der Waals surface area contributed by atoms with Gasteiger partial charge in [-0.3, -0.25) is 14.8 Å². The highest BCUT2D eigenvalue weighted by molar-refractivity contribution is 7.91. The van der Waals surface area contributed by atoms with Gasteiger partial charge in [0.1, 0.15) is 0 Å². The maximum Gasteiger partial charge on any atom is 0.269 e. The first kappa shape index (κ1) is 15.1. The predicted octanol–water partition coefficient (Wildman–Crippen LogP) is 1.98. The Labute approximate surface area is 125 Å². The van der Waals surface area contributed by atoms with E-state index >= 15 is 0 Å². The molecule has 1 heterocycles. The van der Waals surface area contributed by atoms with Gasteiger partial charge in [-0.05, 0) is 17.7 Å². The van der Waals surface area contributed by atoms with Gasteiger partial charge in [-0.15, -0.1) is 10.2 Å². The second kappa shape index (κ2) is 6.02.